The van der Waals surface area contributed by atoms with E-state index in [1.165, 1.54) is 11.8 Å². The van der Waals surface area contributed by atoms with E-state index in [2.05, 4.69) is 26.1 Å². The van der Waals surface area contributed by atoms with Gasteiger partial charge in [-0.05, 0) is 48.7 Å². The molecule has 1 aromatic heterocycles. The van der Waals surface area contributed by atoms with E-state index in [0.717, 1.165) is 29.7 Å². The topological polar surface area (TPSA) is 85.7 Å². The summed E-state index contributed by atoms with van der Waals surface area (Å²) in [6.07, 6.45) is 1.94. The highest BCUT2D eigenvalue weighted by molar-refractivity contribution is 8.00. The van der Waals surface area contributed by atoms with Crippen LogP contribution in [0.1, 0.15) is 55.7 Å². The summed E-state index contributed by atoms with van der Waals surface area (Å²) in [5.41, 5.74) is 3.04. The molecule has 1 aliphatic carbocycles. The summed E-state index contributed by atoms with van der Waals surface area (Å²) in [5, 5.41) is 8.43. The average Bonchev–Trinajstić information content (AvgIpc) is 3.64. The zero-order chi connectivity index (χ0) is 27.9. The first-order valence-electron chi connectivity index (χ1n) is 12.9. The molecule has 0 bridgehead atoms. The van der Waals surface area contributed by atoms with Crippen LogP contribution in [0.2, 0.25) is 5.02 Å². The molecule has 2 aliphatic rings. The molecule has 1 saturated carbocycles. The fourth-order valence-electron chi connectivity index (χ4n) is 4.78. The second-order valence-corrected chi connectivity index (χ2v) is 12.4. The van der Waals surface area contributed by atoms with Gasteiger partial charge in [-0.1, -0.05) is 44.5 Å². The molecule has 1 fully saturated rings. The Morgan fingerprint density at radius 1 is 1.13 bits per heavy atom. The third-order valence-electron chi connectivity index (χ3n) is 6.81. The molecule has 1 unspecified atom stereocenters. The van der Waals surface area contributed by atoms with Gasteiger partial charge < -0.3 is 14.8 Å². The molecule has 39 heavy (non-hydrogen) atoms. The lowest BCUT2D eigenvalue weighted by molar-refractivity contribution is -0.123. The zero-order valence-corrected chi connectivity index (χ0v) is 24.4. The van der Waals surface area contributed by atoms with E-state index in [-0.39, 0.29) is 40.8 Å². The summed E-state index contributed by atoms with van der Waals surface area (Å²) in [7, 11) is 3.21. The number of hydrogen-bond donors (Lipinski definition) is 1. The second-order valence-electron chi connectivity index (χ2n) is 10.9. The Labute approximate surface area is 238 Å². The first-order chi connectivity index (χ1) is 18.6. The maximum absolute atomic E-state index is 13.7. The molecular formula is C29H33ClN4O4S. The average molecular weight is 569 g/mol. The number of carbonyl (C=O) groups excluding carboxylic acids is 2. The standard InChI is InChI=1S/C29H33ClN4O4S/c1-29(2,3)27-25-26(17-9-12-21(37-4)22(13-17)38-5)39-16-24(36)33(15-23(35)31-19-10-11-19)28(25)34(32-27)20-8-6-7-18(30)14-20/h6-9,12-14,19,26H,10-11,15-16H2,1-5H3,(H,31,35). The molecule has 3 aromatic rings. The molecule has 1 atom stereocenters. The summed E-state index contributed by atoms with van der Waals surface area (Å²) < 4.78 is 12.8. The fourth-order valence-corrected chi connectivity index (χ4v) is 6.16. The van der Waals surface area contributed by atoms with Gasteiger partial charge in [0, 0.05) is 22.0 Å². The van der Waals surface area contributed by atoms with Gasteiger partial charge in [-0.2, -0.15) is 5.10 Å². The molecule has 8 nitrogen and oxygen atoms in total. The van der Waals surface area contributed by atoms with E-state index in [0.29, 0.717) is 28.0 Å². The second kappa shape index (κ2) is 10.8. The molecule has 0 spiro atoms. The van der Waals surface area contributed by atoms with Crippen LogP contribution >= 0.6 is 23.4 Å². The van der Waals surface area contributed by atoms with Crippen molar-refractivity contribution in [1.82, 2.24) is 15.1 Å². The molecule has 5 rings (SSSR count). The molecule has 2 aromatic carbocycles. The predicted molar refractivity (Wildman–Crippen MR) is 155 cm³/mol. The minimum absolute atomic E-state index is 0.0859. The van der Waals surface area contributed by atoms with Crippen LogP contribution in [-0.2, 0) is 15.0 Å². The van der Waals surface area contributed by atoms with Gasteiger partial charge in [-0.15, -0.1) is 11.8 Å². The van der Waals surface area contributed by atoms with E-state index in [1.807, 2.05) is 36.4 Å². The molecule has 2 heterocycles. The SMILES string of the molecule is COc1ccc(C2SCC(=O)N(CC(=O)NC3CC3)c3c2c(C(C)(C)C)nn3-c2cccc(Cl)c2)cc1OC. The van der Waals surface area contributed by atoms with Crippen LogP contribution in [-0.4, -0.2) is 54.2 Å². The normalized spacial score (nSPS) is 17.4. The van der Waals surface area contributed by atoms with Crippen LogP contribution in [0.15, 0.2) is 42.5 Å². The van der Waals surface area contributed by atoms with Crippen LogP contribution in [0.25, 0.3) is 5.69 Å². The number of carbonyl (C=O) groups is 2. The Kier molecular flexibility index (Phi) is 7.57. The van der Waals surface area contributed by atoms with Crippen LogP contribution in [0.3, 0.4) is 0 Å². The van der Waals surface area contributed by atoms with Gasteiger partial charge in [0.1, 0.15) is 12.4 Å². The lowest BCUT2D eigenvalue weighted by atomic mass is 9.87. The number of benzene rings is 2. The molecule has 0 saturated heterocycles. The molecule has 1 aliphatic heterocycles. The van der Waals surface area contributed by atoms with Gasteiger partial charge in [0.2, 0.25) is 11.8 Å². The Morgan fingerprint density at radius 3 is 2.51 bits per heavy atom. The van der Waals surface area contributed by atoms with Crippen molar-refractivity contribution >= 4 is 41.0 Å². The fraction of sp³-hybridized carbons (Fsp3) is 0.414. The van der Waals surface area contributed by atoms with Crippen molar-refractivity contribution in [1.29, 1.82) is 0 Å². The minimum atomic E-state index is -0.362. The number of methoxy groups -OCH3 is 2. The molecule has 1 N–H and O–H groups in total. The number of anilines is 1. The van der Waals surface area contributed by atoms with Gasteiger partial charge in [-0.25, -0.2) is 4.68 Å². The number of halogens is 1. The third-order valence-corrected chi connectivity index (χ3v) is 8.30. The lowest BCUT2D eigenvalue weighted by Gasteiger charge is -2.25. The largest absolute Gasteiger partial charge is 0.493 e. The smallest absolute Gasteiger partial charge is 0.240 e. The number of ether oxygens (including phenoxy) is 2. The predicted octanol–water partition coefficient (Wildman–Crippen LogP) is 5.29. The van der Waals surface area contributed by atoms with Crippen molar-refractivity contribution in [3.63, 3.8) is 0 Å². The minimum Gasteiger partial charge on any atom is -0.493 e. The van der Waals surface area contributed by atoms with Crippen molar-refractivity contribution in [2.45, 2.75) is 50.3 Å². The summed E-state index contributed by atoms with van der Waals surface area (Å²) in [6.45, 7) is 6.22. The van der Waals surface area contributed by atoms with Crippen LogP contribution < -0.4 is 19.7 Å². The van der Waals surface area contributed by atoms with E-state index >= 15 is 0 Å². The van der Waals surface area contributed by atoms with Crippen LogP contribution in [0.4, 0.5) is 5.82 Å². The van der Waals surface area contributed by atoms with Gasteiger partial charge in [0.05, 0.1) is 36.6 Å². The maximum atomic E-state index is 13.7. The van der Waals surface area contributed by atoms with Gasteiger partial charge in [0.25, 0.3) is 0 Å². The van der Waals surface area contributed by atoms with Gasteiger partial charge in [-0.3, -0.25) is 14.5 Å². The van der Waals surface area contributed by atoms with E-state index in [1.54, 1.807) is 29.9 Å². The molecule has 206 valence electrons. The van der Waals surface area contributed by atoms with Gasteiger partial charge >= 0.3 is 0 Å². The number of fused-ring (bicyclic) bond motifs is 1. The summed E-state index contributed by atoms with van der Waals surface area (Å²) in [5.74, 6) is 1.68. The number of aromatic nitrogens is 2. The Balaban J connectivity index is 1.75. The van der Waals surface area contributed by atoms with Crippen molar-refractivity contribution in [3.05, 3.63) is 64.3 Å². The quantitative estimate of drug-likeness (QED) is 0.417. The molecular weight excluding hydrogens is 536 g/mol. The monoisotopic (exact) mass is 568 g/mol. The molecule has 0 radical (unpaired) electrons. The zero-order valence-electron chi connectivity index (χ0n) is 22.8. The number of hydrogen-bond acceptors (Lipinski definition) is 6. The summed E-state index contributed by atoms with van der Waals surface area (Å²) in [4.78, 5) is 28.4. The number of thioether (sulfide) groups is 1. The number of amides is 2. The Hall–Kier alpha value is -3.17. The highest BCUT2D eigenvalue weighted by Gasteiger charge is 2.40. The van der Waals surface area contributed by atoms with E-state index < -0.39 is 0 Å². The number of nitrogens with one attached hydrogen (secondary N) is 1. The third kappa shape index (κ3) is 5.61. The highest BCUT2D eigenvalue weighted by atomic mass is 35.5. The number of rotatable bonds is 7. The van der Waals surface area contributed by atoms with E-state index in [4.69, 9.17) is 26.2 Å². The summed E-state index contributed by atoms with van der Waals surface area (Å²) in [6, 6.07) is 13.4. The first-order valence-corrected chi connectivity index (χ1v) is 14.4. The maximum Gasteiger partial charge on any atom is 0.240 e. The highest BCUT2D eigenvalue weighted by Crippen LogP contribution is 2.49. The molecule has 2 amide bonds. The molecule has 10 heteroatoms. The first kappa shape index (κ1) is 27.4. The Bertz CT molecular complexity index is 1410. The van der Waals surface area contributed by atoms with Crippen molar-refractivity contribution in [3.8, 4) is 17.2 Å². The Morgan fingerprint density at radius 2 is 1.87 bits per heavy atom. The van der Waals surface area contributed by atoms with Crippen molar-refractivity contribution < 1.29 is 19.1 Å². The van der Waals surface area contributed by atoms with Crippen molar-refractivity contribution in [2.24, 2.45) is 0 Å². The van der Waals surface area contributed by atoms with Crippen molar-refractivity contribution in [2.75, 3.05) is 31.4 Å². The summed E-state index contributed by atoms with van der Waals surface area (Å²) >= 11 is 7.91. The van der Waals surface area contributed by atoms with Gasteiger partial charge in [0.15, 0.2) is 11.5 Å². The lowest BCUT2D eigenvalue weighted by Crippen LogP contribution is -2.43. The van der Waals surface area contributed by atoms with Crippen LogP contribution in [0.5, 0.6) is 11.5 Å². The van der Waals surface area contributed by atoms with E-state index in [9.17, 15) is 9.59 Å². The number of nitrogens with zero attached hydrogens (tertiary/aromatic N) is 3. The van der Waals surface area contributed by atoms with Crippen LogP contribution in [0, 0.1) is 0 Å².